The van der Waals surface area contributed by atoms with Crippen LogP contribution in [0.3, 0.4) is 0 Å². The quantitative estimate of drug-likeness (QED) is 0.292. The zero-order valence-corrected chi connectivity index (χ0v) is 17.3. The van der Waals surface area contributed by atoms with Crippen molar-refractivity contribution in [2.24, 2.45) is 5.92 Å². The fourth-order valence-corrected chi connectivity index (χ4v) is 3.28. The first-order valence-electron chi connectivity index (χ1n) is 10.7. The maximum Gasteiger partial charge on any atom is 0.162 e. The molecule has 0 amide bonds. The van der Waals surface area contributed by atoms with E-state index in [2.05, 4.69) is 37.9 Å². The van der Waals surface area contributed by atoms with Gasteiger partial charge in [0, 0.05) is 23.7 Å². The van der Waals surface area contributed by atoms with Crippen LogP contribution in [0.15, 0.2) is 42.6 Å². The van der Waals surface area contributed by atoms with Crippen molar-refractivity contribution in [3.8, 4) is 11.3 Å². The molecule has 0 saturated carbocycles. The van der Waals surface area contributed by atoms with Crippen LogP contribution in [0, 0.1) is 5.92 Å². The SMILES string of the molecule is CCCCCc1ccc(-c2ccc(C(=O)CCCCC(C)CC)cc2)nc1. The second kappa shape index (κ2) is 11.7. The fraction of sp³-hybridized carbons (Fsp3) is 0.520. The predicted molar refractivity (Wildman–Crippen MR) is 115 cm³/mol. The Labute approximate surface area is 165 Å². The number of nitrogens with zero attached hydrogens (tertiary/aromatic N) is 1. The third-order valence-corrected chi connectivity index (χ3v) is 5.44. The normalized spacial score (nSPS) is 12.1. The number of aromatic nitrogens is 1. The number of pyridine rings is 1. The molecule has 0 aliphatic carbocycles. The second-order valence-corrected chi connectivity index (χ2v) is 7.77. The number of ketones is 1. The summed E-state index contributed by atoms with van der Waals surface area (Å²) in [4.78, 5) is 17.0. The van der Waals surface area contributed by atoms with Crippen molar-refractivity contribution in [2.45, 2.75) is 78.6 Å². The molecular weight excluding hydrogens is 330 g/mol. The number of benzene rings is 1. The number of rotatable bonds is 12. The monoisotopic (exact) mass is 365 g/mol. The van der Waals surface area contributed by atoms with E-state index in [1.165, 1.54) is 37.7 Å². The summed E-state index contributed by atoms with van der Waals surface area (Å²) in [5, 5.41) is 0. The summed E-state index contributed by atoms with van der Waals surface area (Å²) in [6.45, 7) is 6.74. The summed E-state index contributed by atoms with van der Waals surface area (Å²) in [6, 6.07) is 12.2. The van der Waals surface area contributed by atoms with Crippen LogP contribution in [0.25, 0.3) is 11.3 Å². The summed E-state index contributed by atoms with van der Waals surface area (Å²) < 4.78 is 0. The van der Waals surface area contributed by atoms with E-state index in [1.54, 1.807) is 0 Å². The van der Waals surface area contributed by atoms with Gasteiger partial charge in [-0.2, -0.15) is 0 Å². The molecule has 0 aliphatic rings. The van der Waals surface area contributed by atoms with E-state index in [0.717, 1.165) is 42.0 Å². The Balaban J connectivity index is 1.86. The van der Waals surface area contributed by atoms with Crippen LogP contribution in [0.5, 0.6) is 0 Å². The van der Waals surface area contributed by atoms with Gasteiger partial charge in [-0.1, -0.05) is 83.2 Å². The molecule has 0 spiro atoms. The van der Waals surface area contributed by atoms with E-state index in [1.807, 2.05) is 30.5 Å². The first-order chi connectivity index (χ1) is 13.1. The van der Waals surface area contributed by atoms with Crippen molar-refractivity contribution in [1.29, 1.82) is 0 Å². The molecule has 27 heavy (non-hydrogen) atoms. The highest BCUT2D eigenvalue weighted by molar-refractivity contribution is 5.96. The summed E-state index contributed by atoms with van der Waals surface area (Å²) in [5.74, 6) is 1.02. The Hall–Kier alpha value is -1.96. The molecule has 2 aromatic rings. The Morgan fingerprint density at radius 1 is 0.963 bits per heavy atom. The van der Waals surface area contributed by atoms with Crippen molar-refractivity contribution in [1.82, 2.24) is 4.98 Å². The maximum absolute atomic E-state index is 12.4. The van der Waals surface area contributed by atoms with Gasteiger partial charge in [-0.25, -0.2) is 0 Å². The lowest BCUT2D eigenvalue weighted by Crippen LogP contribution is -2.00. The van der Waals surface area contributed by atoms with E-state index >= 15 is 0 Å². The fourth-order valence-electron chi connectivity index (χ4n) is 3.28. The maximum atomic E-state index is 12.4. The molecule has 1 aromatic carbocycles. The minimum atomic E-state index is 0.255. The molecule has 2 nitrogen and oxygen atoms in total. The lowest BCUT2D eigenvalue weighted by Gasteiger charge is -2.08. The van der Waals surface area contributed by atoms with Gasteiger partial charge in [0.1, 0.15) is 0 Å². The molecule has 0 fully saturated rings. The van der Waals surface area contributed by atoms with Crippen LogP contribution in [-0.2, 0) is 6.42 Å². The first kappa shape index (κ1) is 21.3. The third-order valence-electron chi connectivity index (χ3n) is 5.44. The molecule has 1 unspecified atom stereocenters. The van der Waals surface area contributed by atoms with Gasteiger partial charge in [-0.05, 0) is 36.8 Å². The van der Waals surface area contributed by atoms with Crippen LogP contribution in [0.1, 0.15) is 88.1 Å². The average Bonchev–Trinajstić information content (AvgIpc) is 2.71. The van der Waals surface area contributed by atoms with Crippen molar-refractivity contribution in [3.05, 3.63) is 53.7 Å². The van der Waals surface area contributed by atoms with Gasteiger partial charge in [-0.15, -0.1) is 0 Å². The molecule has 1 heterocycles. The Kier molecular flexibility index (Phi) is 9.24. The molecule has 0 N–H and O–H groups in total. The minimum Gasteiger partial charge on any atom is -0.294 e. The number of Topliss-reactive ketones (excluding diaryl/α,β-unsaturated/α-hetero) is 1. The average molecular weight is 366 g/mol. The Morgan fingerprint density at radius 2 is 1.74 bits per heavy atom. The van der Waals surface area contributed by atoms with Crippen molar-refractivity contribution in [2.75, 3.05) is 0 Å². The molecule has 0 saturated heterocycles. The number of carbonyl (C=O) groups excluding carboxylic acids is 1. The van der Waals surface area contributed by atoms with Crippen LogP contribution in [0.4, 0.5) is 0 Å². The lowest BCUT2D eigenvalue weighted by molar-refractivity contribution is 0.0978. The van der Waals surface area contributed by atoms with E-state index in [4.69, 9.17) is 0 Å². The highest BCUT2D eigenvalue weighted by Crippen LogP contribution is 2.20. The van der Waals surface area contributed by atoms with Crippen molar-refractivity contribution >= 4 is 5.78 Å². The van der Waals surface area contributed by atoms with E-state index in [-0.39, 0.29) is 5.78 Å². The van der Waals surface area contributed by atoms with Gasteiger partial charge in [-0.3, -0.25) is 9.78 Å². The summed E-state index contributed by atoms with van der Waals surface area (Å²) in [7, 11) is 0. The van der Waals surface area contributed by atoms with Crippen molar-refractivity contribution < 1.29 is 4.79 Å². The zero-order valence-electron chi connectivity index (χ0n) is 17.3. The molecule has 0 bridgehead atoms. The van der Waals surface area contributed by atoms with Gasteiger partial charge >= 0.3 is 0 Å². The predicted octanol–water partition coefficient (Wildman–Crippen LogP) is 7.27. The first-order valence-corrected chi connectivity index (χ1v) is 10.7. The molecule has 2 rings (SSSR count). The molecule has 0 aliphatic heterocycles. The van der Waals surface area contributed by atoms with E-state index in [9.17, 15) is 4.79 Å². The minimum absolute atomic E-state index is 0.255. The number of aryl methyl sites for hydroxylation is 1. The second-order valence-electron chi connectivity index (χ2n) is 7.77. The van der Waals surface area contributed by atoms with Crippen LogP contribution in [0.2, 0.25) is 0 Å². The van der Waals surface area contributed by atoms with Gasteiger partial charge in [0.15, 0.2) is 5.78 Å². The number of hydrogen-bond acceptors (Lipinski definition) is 2. The highest BCUT2D eigenvalue weighted by Gasteiger charge is 2.07. The van der Waals surface area contributed by atoms with Crippen LogP contribution < -0.4 is 0 Å². The number of hydrogen-bond donors (Lipinski definition) is 0. The molecule has 2 heteroatoms. The molecule has 1 aromatic heterocycles. The summed E-state index contributed by atoms with van der Waals surface area (Å²) in [6.07, 6.45) is 12.1. The van der Waals surface area contributed by atoms with Crippen LogP contribution >= 0.6 is 0 Å². The summed E-state index contributed by atoms with van der Waals surface area (Å²) in [5.41, 5.74) is 4.17. The Morgan fingerprint density at radius 3 is 2.37 bits per heavy atom. The standard InChI is InChI=1S/C25H35NO/c1-4-6-7-11-21-13-18-24(26-19-21)22-14-16-23(17-15-22)25(27)12-9-8-10-20(3)5-2/h13-20H,4-12H2,1-3H3. The largest absolute Gasteiger partial charge is 0.294 e. The topological polar surface area (TPSA) is 30.0 Å². The number of carbonyl (C=O) groups is 1. The third kappa shape index (κ3) is 7.28. The lowest BCUT2D eigenvalue weighted by atomic mass is 9.98. The van der Waals surface area contributed by atoms with Crippen LogP contribution in [-0.4, -0.2) is 10.8 Å². The van der Waals surface area contributed by atoms with Gasteiger partial charge in [0.05, 0.1) is 5.69 Å². The molecule has 146 valence electrons. The van der Waals surface area contributed by atoms with Gasteiger partial charge < -0.3 is 0 Å². The number of unbranched alkanes of at least 4 members (excludes halogenated alkanes) is 3. The smallest absolute Gasteiger partial charge is 0.162 e. The van der Waals surface area contributed by atoms with Gasteiger partial charge in [0.25, 0.3) is 0 Å². The molecule has 1 atom stereocenters. The van der Waals surface area contributed by atoms with Gasteiger partial charge in [0.2, 0.25) is 0 Å². The molecule has 0 radical (unpaired) electrons. The van der Waals surface area contributed by atoms with Crippen molar-refractivity contribution in [3.63, 3.8) is 0 Å². The zero-order chi connectivity index (χ0) is 19.5. The van der Waals surface area contributed by atoms with E-state index in [0.29, 0.717) is 6.42 Å². The van der Waals surface area contributed by atoms with E-state index < -0.39 is 0 Å². The molecular formula is C25H35NO. The summed E-state index contributed by atoms with van der Waals surface area (Å²) >= 11 is 0. The Bertz CT molecular complexity index is 672. The highest BCUT2D eigenvalue weighted by atomic mass is 16.1.